The Labute approximate surface area is 186 Å². The van der Waals surface area contributed by atoms with E-state index in [4.69, 9.17) is 9.47 Å². The van der Waals surface area contributed by atoms with Gasteiger partial charge >= 0.3 is 18.0 Å². The fraction of sp³-hybridized carbons (Fsp3) is 0.320. The topological polar surface area (TPSA) is 93.7 Å². The summed E-state index contributed by atoms with van der Waals surface area (Å²) in [7, 11) is 0. The standard InChI is InChI=1S/C25H26N2O5/c1-2-12-25(13-7-14-27-25)23(29)32-22(28)15-26-24(30)31-16-21-19-10-5-3-8-17(19)18-9-4-6-11-20(18)21/h2-6,8-11,21,27H,1,7,12-16H2,(H,26,30)/t25-/m0/s1. The van der Waals surface area contributed by atoms with Gasteiger partial charge in [-0.05, 0) is 48.1 Å². The normalized spacial score (nSPS) is 19.0. The third-order valence-corrected chi connectivity index (χ3v) is 6.05. The van der Waals surface area contributed by atoms with Crippen molar-refractivity contribution in [1.29, 1.82) is 0 Å². The molecule has 2 N–H and O–H groups in total. The number of rotatable bonds is 7. The predicted molar refractivity (Wildman–Crippen MR) is 119 cm³/mol. The predicted octanol–water partition coefficient (Wildman–Crippen LogP) is 3.29. The highest BCUT2D eigenvalue weighted by molar-refractivity contribution is 5.93. The summed E-state index contributed by atoms with van der Waals surface area (Å²) in [4.78, 5) is 36.7. The summed E-state index contributed by atoms with van der Waals surface area (Å²) in [5, 5.41) is 5.47. The highest BCUT2D eigenvalue weighted by atomic mass is 16.6. The van der Waals surface area contributed by atoms with Gasteiger partial charge in [-0.15, -0.1) is 6.58 Å². The molecule has 0 radical (unpaired) electrons. The van der Waals surface area contributed by atoms with Gasteiger partial charge in [0.25, 0.3) is 0 Å². The summed E-state index contributed by atoms with van der Waals surface area (Å²) >= 11 is 0. The molecule has 1 fully saturated rings. The minimum absolute atomic E-state index is 0.0751. The van der Waals surface area contributed by atoms with Crippen LogP contribution in [0.15, 0.2) is 61.2 Å². The van der Waals surface area contributed by atoms with Crippen molar-refractivity contribution in [1.82, 2.24) is 10.6 Å². The van der Waals surface area contributed by atoms with Gasteiger partial charge in [-0.25, -0.2) is 14.4 Å². The van der Waals surface area contributed by atoms with Crippen LogP contribution in [0.4, 0.5) is 4.79 Å². The number of carbonyl (C=O) groups is 3. The van der Waals surface area contributed by atoms with Gasteiger partial charge in [-0.1, -0.05) is 54.6 Å². The molecule has 1 amide bonds. The SMILES string of the molecule is C=CC[C@@]1(C(=O)OC(=O)CNC(=O)OCC2c3ccccc3-c3ccccc32)CCCN1. The second-order valence-electron chi connectivity index (χ2n) is 8.05. The zero-order chi connectivity index (χ0) is 22.6. The fourth-order valence-corrected chi connectivity index (χ4v) is 4.52. The van der Waals surface area contributed by atoms with E-state index in [1.807, 2.05) is 36.4 Å². The lowest BCUT2D eigenvalue weighted by molar-refractivity contribution is -0.163. The first kappa shape index (κ1) is 21.8. The second kappa shape index (κ2) is 9.36. The van der Waals surface area contributed by atoms with Crippen LogP contribution in [0.1, 0.15) is 36.3 Å². The minimum atomic E-state index is -0.916. The van der Waals surface area contributed by atoms with Gasteiger partial charge < -0.3 is 20.1 Å². The molecule has 2 aromatic carbocycles. The number of amides is 1. The lowest BCUT2D eigenvalue weighted by atomic mass is 9.93. The number of hydrogen-bond donors (Lipinski definition) is 2. The van der Waals surface area contributed by atoms with Crippen LogP contribution >= 0.6 is 0 Å². The van der Waals surface area contributed by atoms with Crippen LogP contribution in [0.2, 0.25) is 0 Å². The Bertz CT molecular complexity index is 997. The number of alkyl carbamates (subject to hydrolysis) is 1. The third-order valence-electron chi connectivity index (χ3n) is 6.05. The number of nitrogens with one attached hydrogen (secondary N) is 2. The Morgan fingerprint density at radius 2 is 1.75 bits per heavy atom. The summed E-state index contributed by atoms with van der Waals surface area (Å²) in [5.74, 6) is -1.55. The Morgan fingerprint density at radius 1 is 1.09 bits per heavy atom. The van der Waals surface area contributed by atoms with E-state index in [0.29, 0.717) is 19.4 Å². The molecular formula is C25H26N2O5. The van der Waals surface area contributed by atoms with Crippen molar-refractivity contribution < 1.29 is 23.9 Å². The van der Waals surface area contributed by atoms with E-state index in [1.165, 1.54) is 0 Å². The van der Waals surface area contributed by atoms with Gasteiger partial charge in [0.15, 0.2) is 0 Å². The largest absolute Gasteiger partial charge is 0.449 e. The average molecular weight is 434 g/mol. The molecule has 1 atom stereocenters. The summed E-state index contributed by atoms with van der Waals surface area (Å²) in [6, 6.07) is 16.1. The van der Waals surface area contributed by atoms with E-state index in [9.17, 15) is 14.4 Å². The van der Waals surface area contributed by atoms with Crippen LogP contribution in [0.5, 0.6) is 0 Å². The molecule has 32 heavy (non-hydrogen) atoms. The lowest BCUT2D eigenvalue weighted by Gasteiger charge is -2.25. The maximum Gasteiger partial charge on any atom is 0.407 e. The average Bonchev–Trinajstić information content (AvgIpc) is 3.40. The zero-order valence-electron chi connectivity index (χ0n) is 17.8. The van der Waals surface area contributed by atoms with Gasteiger partial charge in [-0.2, -0.15) is 0 Å². The summed E-state index contributed by atoms with van der Waals surface area (Å²) in [5.41, 5.74) is 3.55. The van der Waals surface area contributed by atoms with Gasteiger partial charge in [0.1, 0.15) is 18.7 Å². The molecule has 1 saturated heterocycles. The van der Waals surface area contributed by atoms with Gasteiger partial charge in [-0.3, -0.25) is 0 Å². The fourth-order valence-electron chi connectivity index (χ4n) is 4.52. The monoisotopic (exact) mass is 434 g/mol. The number of hydrogen-bond acceptors (Lipinski definition) is 6. The number of benzene rings is 2. The van der Waals surface area contributed by atoms with Crippen LogP contribution < -0.4 is 10.6 Å². The van der Waals surface area contributed by atoms with E-state index in [2.05, 4.69) is 29.3 Å². The van der Waals surface area contributed by atoms with Gasteiger partial charge in [0, 0.05) is 5.92 Å². The summed E-state index contributed by atoms with van der Waals surface area (Å²) < 4.78 is 10.3. The van der Waals surface area contributed by atoms with Gasteiger partial charge in [0.2, 0.25) is 0 Å². The summed E-state index contributed by atoms with van der Waals surface area (Å²) in [6.07, 6.45) is 2.65. The maximum absolute atomic E-state index is 12.4. The Kier molecular flexibility index (Phi) is 6.37. The second-order valence-corrected chi connectivity index (χ2v) is 8.05. The van der Waals surface area contributed by atoms with Crippen molar-refractivity contribution in [2.45, 2.75) is 30.7 Å². The molecule has 0 bridgehead atoms. The van der Waals surface area contributed by atoms with Crippen LogP contribution in [-0.2, 0) is 19.1 Å². The Morgan fingerprint density at radius 3 is 2.34 bits per heavy atom. The first-order chi connectivity index (χ1) is 15.5. The molecule has 0 aromatic heterocycles. The quantitative estimate of drug-likeness (QED) is 0.395. The molecule has 0 unspecified atom stereocenters. The van der Waals surface area contributed by atoms with Crippen molar-refractivity contribution >= 4 is 18.0 Å². The van der Waals surface area contributed by atoms with E-state index < -0.39 is 30.1 Å². The first-order valence-electron chi connectivity index (χ1n) is 10.7. The molecule has 1 aliphatic heterocycles. The molecule has 2 aromatic rings. The van der Waals surface area contributed by atoms with E-state index in [1.54, 1.807) is 6.08 Å². The van der Waals surface area contributed by atoms with E-state index >= 15 is 0 Å². The van der Waals surface area contributed by atoms with E-state index in [0.717, 1.165) is 28.7 Å². The Balaban J connectivity index is 1.29. The molecule has 7 nitrogen and oxygen atoms in total. The first-order valence-corrected chi connectivity index (χ1v) is 10.7. The highest BCUT2D eigenvalue weighted by Gasteiger charge is 2.42. The van der Waals surface area contributed by atoms with Crippen molar-refractivity contribution in [3.05, 3.63) is 72.3 Å². The molecule has 1 aliphatic carbocycles. The van der Waals surface area contributed by atoms with Crippen LogP contribution in [0.25, 0.3) is 11.1 Å². The molecule has 4 rings (SSSR count). The lowest BCUT2D eigenvalue weighted by Crippen LogP contribution is -2.49. The van der Waals surface area contributed by atoms with Crippen LogP contribution in [-0.4, -0.2) is 43.3 Å². The number of carbonyl (C=O) groups excluding carboxylic acids is 3. The minimum Gasteiger partial charge on any atom is -0.449 e. The van der Waals surface area contributed by atoms with Crippen molar-refractivity contribution in [2.24, 2.45) is 0 Å². The van der Waals surface area contributed by atoms with Crippen molar-refractivity contribution in [2.75, 3.05) is 19.7 Å². The molecule has 0 spiro atoms. The molecule has 1 heterocycles. The number of fused-ring (bicyclic) bond motifs is 3. The highest BCUT2D eigenvalue weighted by Crippen LogP contribution is 2.44. The maximum atomic E-state index is 12.4. The smallest absolute Gasteiger partial charge is 0.407 e. The molecule has 7 heteroatoms. The molecule has 166 valence electrons. The molecule has 0 saturated carbocycles. The van der Waals surface area contributed by atoms with Crippen molar-refractivity contribution in [3.63, 3.8) is 0 Å². The number of esters is 2. The summed E-state index contributed by atoms with van der Waals surface area (Å²) in [6.45, 7) is 4.03. The van der Waals surface area contributed by atoms with E-state index in [-0.39, 0.29) is 12.5 Å². The van der Waals surface area contributed by atoms with Crippen molar-refractivity contribution in [3.8, 4) is 11.1 Å². The Hall–Kier alpha value is -3.45. The number of ether oxygens (including phenoxy) is 2. The van der Waals surface area contributed by atoms with Crippen LogP contribution in [0, 0.1) is 0 Å². The molecule has 2 aliphatic rings. The van der Waals surface area contributed by atoms with Gasteiger partial charge in [0.05, 0.1) is 0 Å². The third kappa shape index (κ3) is 4.29. The molecular weight excluding hydrogens is 408 g/mol. The zero-order valence-corrected chi connectivity index (χ0v) is 17.8. The van der Waals surface area contributed by atoms with Crippen LogP contribution in [0.3, 0.4) is 0 Å².